The van der Waals surface area contributed by atoms with Gasteiger partial charge >= 0.3 is 5.97 Å². The first kappa shape index (κ1) is 13.1. The lowest BCUT2D eigenvalue weighted by molar-refractivity contribution is 0.0520. The molecule has 16 heavy (non-hydrogen) atoms. The summed E-state index contributed by atoms with van der Waals surface area (Å²) < 4.78 is 26.7. The maximum absolute atomic E-state index is 11.2. The molecule has 0 fully saturated rings. The van der Waals surface area contributed by atoms with Crippen molar-refractivity contribution in [3.8, 4) is 0 Å². The molecule has 2 N–H and O–H groups in total. The smallest absolute Gasteiger partial charge is 0.357 e. The summed E-state index contributed by atoms with van der Waals surface area (Å²) in [6.45, 7) is 2.08. The Morgan fingerprint density at radius 2 is 2.50 bits per heavy atom. The third-order valence-electron chi connectivity index (χ3n) is 1.49. The largest absolute Gasteiger partial charge is 0.461 e. The second-order valence-corrected chi connectivity index (χ2v) is 5.32. The number of carbonyl (C=O) groups excluding carboxylic acids is 1. The zero-order valence-corrected chi connectivity index (χ0v) is 10.3. The van der Waals surface area contributed by atoms with Crippen LogP contribution in [-0.2, 0) is 21.3 Å². The van der Waals surface area contributed by atoms with Crippen molar-refractivity contribution in [2.75, 3.05) is 6.61 Å². The summed E-state index contributed by atoms with van der Waals surface area (Å²) in [6, 6.07) is 0. The Morgan fingerprint density at radius 3 is 3.06 bits per heavy atom. The standard InChI is InChI=1S/C8H12N2O4S2/c1-3-14-8(11)6-5-15-7(10-6)4-9-16(2,12)13/h5H,2-4H2,1H3,(H2,9,12,13). The van der Waals surface area contributed by atoms with E-state index in [9.17, 15) is 9.00 Å². The fraction of sp³-hybridized carbons (Fsp3) is 0.375. The first-order chi connectivity index (χ1) is 7.42. The second kappa shape index (κ2) is 5.39. The Balaban J connectivity index is 2.61. The summed E-state index contributed by atoms with van der Waals surface area (Å²) in [5.74, 6) is 2.52. The number of carbonyl (C=O) groups is 1. The van der Waals surface area contributed by atoms with Gasteiger partial charge in [0, 0.05) is 5.38 Å². The van der Waals surface area contributed by atoms with Crippen molar-refractivity contribution in [3.05, 3.63) is 16.1 Å². The lowest BCUT2D eigenvalue weighted by Gasteiger charge is -2.00. The fourth-order valence-corrected chi connectivity index (χ4v) is 2.02. The minimum Gasteiger partial charge on any atom is -0.461 e. The van der Waals surface area contributed by atoms with Gasteiger partial charge in [0.05, 0.1) is 13.2 Å². The number of hydrogen-bond donors (Lipinski definition) is 2. The predicted octanol–water partition coefficient (Wildman–Crippen LogP) is 0.514. The van der Waals surface area contributed by atoms with Crippen molar-refractivity contribution < 1.29 is 18.3 Å². The van der Waals surface area contributed by atoms with Crippen molar-refractivity contribution in [1.29, 1.82) is 0 Å². The van der Waals surface area contributed by atoms with Crippen LogP contribution >= 0.6 is 11.3 Å². The number of ether oxygens (including phenoxy) is 1. The van der Waals surface area contributed by atoms with E-state index in [1.807, 2.05) is 0 Å². The molecule has 1 aromatic rings. The number of rotatable bonds is 5. The number of esters is 1. The summed E-state index contributed by atoms with van der Waals surface area (Å²) >= 11 is 1.21. The molecule has 90 valence electrons. The molecule has 0 spiro atoms. The van der Waals surface area contributed by atoms with Crippen molar-refractivity contribution in [2.45, 2.75) is 13.5 Å². The highest BCUT2D eigenvalue weighted by molar-refractivity contribution is 7.93. The van der Waals surface area contributed by atoms with Crippen LogP contribution in [0.4, 0.5) is 0 Å². The molecule has 6 nitrogen and oxygen atoms in total. The van der Waals surface area contributed by atoms with Gasteiger partial charge in [0.25, 0.3) is 0 Å². The number of nitrogens with one attached hydrogen (secondary N) is 1. The van der Waals surface area contributed by atoms with Crippen LogP contribution in [0.3, 0.4) is 0 Å². The molecule has 0 amide bonds. The third kappa shape index (κ3) is 4.27. The maximum Gasteiger partial charge on any atom is 0.357 e. The van der Waals surface area contributed by atoms with E-state index < -0.39 is 16.0 Å². The first-order valence-electron chi connectivity index (χ1n) is 4.38. The molecule has 0 saturated carbocycles. The molecule has 0 bridgehead atoms. The number of nitrogens with zero attached hydrogens (tertiary/aromatic N) is 1. The molecule has 0 saturated heterocycles. The Hall–Kier alpha value is -0.960. The molecule has 0 aromatic carbocycles. The Bertz CT molecular complexity index is 466. The average Bonchev–Trinajstić information content (AvgIpc) is 2.62. The molecular weight excluding hydrogens is 252 g/mol. The van der Waals surface area contributed by atoms with Crippen molar-refractivity contribution in [2.24, 2.45) is 0 Å². The van der Waals surface area contributed by atoms with Gasteiger partial charge in [-0.15, -0.1) is 11.3 Å². The summed E-state index contributed by atoms with van der Waals surface area (Å²) in [5.41, 5.74) is 0.206. The van der Waals surface area contributed by atoms with Gasteiger partial charge in [-0.3, -0.25) is 0 Å². The Morgan fingerprint density at radius 1 is 1.81 bits per heavy atom. The van der Waals surface area contributed by atoms with Gasteiger partial charge in [-0.2, -0.15) is 0 Å². The highest BCUT2D eigenvalue weighted by atomic mass is 32.2. The van der Waals surface area contributed by atoms with Crippen LogP contribution in [0.25, 0.3) is 0 Å². The lowest BCUT2D eigenvalue weighted by atomic mass is 10.5. The second-order valence-electron chi connectivity index (χ2n) is 2.81. The SMILES string of the molecule is C=S(=O)(O)NCc1nc(C(=O)OCC)cs1. The normalized spacial score (nSPS) is 14.4. The number of hydrogen-bond acceptors (Lipinski definition) is 5. The average molecular weight is 264 g/mol. The van der Waals surface area contributed by atoms with Crippen molar-refractivity contribution >= 4 is 33.2 Å². The summed E-state index contributed by atoms with van der Waals surface area (Å²) in [7, 11) is -3.24. The summed E-state index contributed by atoms with van der Waals surface area (Å²) in [6.07, 6.45) is 0. The molecule has 1 aromatic heterocycles. The van der Waals surface area contributed by atoms with Crippen molar-refractivity contribution in [3.63, 3.8) is 0 Å². The fourth-order valence-electron chi connectivity index (χ4n) is 0.865. The van der Waals surface area contributed by atoms with Crippen LogP contribution in [0.5, 0.6) is 0 Å². The Labute approximate surface area is 97.6 Å². The molecule has 0 aliphatic heterocycles. The molecule has 0 aliphatic carbocycles. The van der Waals surface area contributed by atoms with Gasteiger partial charge in [0.2, 0.25) is 0 Å². The van der Waals surface area contributed by atoms with Crippen LogP contribution in [0, 0.1) is 0 Å². The molecule has 1 atom stereocenters. The van der Waals surface area contributed by atoms with Crippen LogP contribution in [0.1, 0.15) is 22.4 Å². The van der Waals surface area contributed by atoms with E-state index in [1.165, 1.54) is 16.7 Å². The van der Waals surface area contributed by atoms with E-state index in [2.05, 4.69) is 15.6 Å². The van der Waals surface area contributed by atoms with Gasteiger partial charge < -0.3 is 9.29 Å². The van der Waals surface area contributed by atoms with Gasteiger partial charge in [0.1, 0.15) is 15.0 Å². The van der Waals surface area contributed by atoms with Gasteiger partial charge in [-0.25, -0.2) is 18.7 Å². The van der Waals surface area contributed by atoms with E-state index in [-0.39, 0.29) is 18.8 Å². The monoisotopic (exact) mass is 264 g/mol. The van der Waals surface area contributed by atoms with Crippen LogP contribution < -0.4 is 4.72 Å². The maximum atomic E-state index is 11.2. The van der Waals surface area contributed by atoms with Crippen LogP contribution in [0.2, 0.25) is 0 Å². The van der Waals surface area contributed by atoms with E-state index in [1.54, 1.807) is 6.92 Å². The van der Waals surface area contributed by atoms with Gasteiger partial charge in [-0.05, 0) is 12.8 Å². The quantitative estimate of drug-likeness (QED) is 0.597. The van der Waals surface area contributed by atoms with E-state index in [0.717, 1.165) is 0 Å². The molecule has 1 unspecified atom stereocenters. The number of thiazole rings is 1. The van der Waals surface area contributed by atoms with Gasteiger partial charge in [-0.1, -0.05) is 0 Å². The van der Waals surface area contributed by atoms with Crippen LogP contribution in [0.15, 0.2) is 5.38 Å². The first-order valence-corrected chi connectivity index (χ1v) is 6.94. The molecular formula is C8H12N2O4S2. The van der Waals surface area contributed by atoms with E-state index >= 15 is 0 Å². The zero-order valence-electron chi connectivity index (χ0n) is 8.63. The van der Waals surface area contributed by atoms with Gasteiger partial charge in [0.15, 0.2) is 5.69 Å². The van der Waals surface area contributed by atoms with E-state index in [0.29, 0.717) is 5.01 Å². The third-order valence-corrected chi connectivity index (χ3v) is 2.93. The summed E-state index contributed by atoms with van der Waals surface area (Å²) in [5, 5.41) is 2.06. The summed E-state index contributed by atoms with van der Waals surface area (Å²) in [4.78, 5) is 15.2. The number of aromatic nitrogens is 1. The molecule has 1 heterocycles. The molecule has 8 heteroatoms. The minimum atomic E-state index is -3.24. The molecule has 0 radical (unpaired) electrons. The predicted molar refractivity (Wildman–Crippen MR) is 62.8 cm³/mol. The highest BCUT2D eigenvalue weighted by Crippen LogP contribution is 2.10. The zero-order chi connectivity index (χ0) is 12.2. The lowest BCUT2D eigenvalue weighted by Crippen LogP contribution is -2.21. The van der Waals surface area contributed by atoms with Crippen molar-refractivity contribution in [1.82, 2.24) is 9.71 Å². The Kier molecular flexibility index (Phi) is 4.42. The van der Waals surface area contributed by atoms with E-state index in [4.69, 9.17) is 9.29 Å². The topological polar surface area (TPSA) is 88.5 Å². The minimum absolute atomic E-state index is 0.0862. The molecule has 0 aliphatic rings. The highest BCUT2D eigenvalue weighted by Gasteiger charge is 2.11. The van der Waals surface area contributed by atoms with Crippen LogP contribution in [-0.4, -0.2) is 32.2 Å². The molecule has 1 rings (SSSR count).